The van der Waals surface area contributed by atoms with Crippen molar-refractivity contribution in [2.45, 2.75) is 43.3 Å². The van der Waals surface area contributed by atoms with Crippen molar-refractivity contribution >= 4 is 10.0 Å². The fourth-order valence-corrected chi connectivity index (χ4v) is 4.44. The number of aliphatic hydroxyl groups is 1. The molecule has 0 aliphatic heterocycles. The average molecular weight is 337 g/mol. The largest absolute Gasteiger partial charge is 0.417 e. The van der Waals surface area contributed by atoms with Gasteiger partial charge in [-0.3, -0.25) is 0 Å². The first kappa shape index (κ1) is 17.2. The second kappa shape index (κ2) is 5.82. The van der Waals surface area contributed by atoms with Crippen LogP contribution in [0.2, 0.25) is 0 Å². The third-order valence-corrected chi connectivity index (χ3v) is 5.75. The van der Waals surface area contributed by atoms with Crippen LogP contribution in [0.25, 0.3) is 0 Å². The Labute approximate surface area is 127 Å². The van der Waals surface area contributed by atoms with Crippen molar-refractivity contribution in [3.8, 4) is 0 Å². The van der Waals surface area contributed by atoms with Crippen LogP contribution in [-0.4, -0.2) is 26.2 Å². The van der Waals surface area contributed by atoms with Gasteiger partial charge in [-0.05, 0) is 25.0 Å². The van der Waals surface area contributed by atoms with Crippen LogP contribution in [0.4, 0.5) is 13.2 Å². The zero-order chi connectivity index (χ0) is 16.6. The molecule has 0 radical (unpaired) electrons. The number of benzene rings is 1. The van der Waals surface area contributed by atoms with Crippen LogP contribution in [0, 0.1) is 5.41 Å². The minimum Gasteiger partial charge on any atom is -0.396 e. The number of alkyl halides is 3. The number of rotatable bonds is 4. The molecule has 1 saturated carbocycles. The third kappa shape index (κ3) is 3.28. The van der Waals surface area contributed by atoms with Crippen LogP contribution in [0.1, 0.15) is 31.7 Å². The van der Waals surface area contributed by atoms with E-state index < -0.39 is 38.1 Å². The summed E-state index contributed by atoms with van der Waals surface area (Å²) in [5.74, 6) is 0. The molecule has 2 N–H and O–H groups in total. The Hall–Kier alpha value is -1.12. The Kier molecular flexibility index (Phi) is 4.56. The second-order valence-corrected chi connectivity index (χ2v) is 7.55. The molecule has 1 aliphatic carbocycles. The standard InChI is InChI=1S/C14H18F3NO3S/c1-13(9-19)8-4-7-12(13)18-22(20,21)11-6-3-2-5-10(11)14(15,16)17/h2-3,5-6,12,18-19H,4,7-9H2,1H3. The minimum atomic E-state index is -4.75. The topological polar surface area (TPSA) is 66.4 Å². The van der Waals surface area contributed by atoms with Gasteiger partial charge in [-0.25, -0.2) is 13.1 Å². The predicted octanol–water partition coefficient (Wildman–Crippen LogP) is 2.53. The summed E-state index contributed by atoms with van der Waals surface area (Å²) >= 11 is 0. The van der Waals surface area contributed by atoms with Gasteiger partial charge in [-0.2, -0.15) is 13.2 Å². The molecule has 2 rings (SSSR count). The SMILES string of the molecule is CC1(CO)CCCC1NS(=O)(=O)c1ccccc1C(F)(F)F. The summed E-state index contributed by atoms with van der Waals surface area (Å²) in [5, 5.41) is 9.43. The molecule has 0 bridgehead atoms. The maximum atomic E-state index is 13.0. The Balaban J connectivity index is 2.37. The Bertz CT molecular complexity index is 645. The summed E-state index contributed by atoms with van der Waals surface area (Å²) in [7, 11) is -4.32. The Morgan fingerprint density at radius 2 is 2.00 bits per heavy atom. The van der Waals surface area contributed by atoms with Crippen molar-refractivity contribution in [2.75, 3.05) is 6.61 Å². The number of hydrogen-bond acceptors (Lipinski definition) is 3. The van der Waals surface area contributed by atoms with Crippen LogP contribution in [0.15, 0.2) is 29.2 Å². The molecular formula is C14H18F3NO3S. The summed E-state index contributed by atoms with van der Waals surface area (Å²) < 4.78 is 66.0. The summed E-state index contributed by atoms with van der Waals surface area (Å²) in [6.45, 7) is 1.50. The van der Waals surface area contributed by atoms with Gasteiger partial charge in [0.2, 0.25) is 10.0 Å². The normalized spacial score (nSPS) is 26.3. The maximum absolute atomic E-state index is 13.0. The fourth-order valence-electron chi connectivity index (χ4n) is 2.81. The number of nitrogens with one attached hydrogen (secondary N) is 1. The van der Waals surface area contributed by atoms with E-state index in [1.165, 1.54) is 6.07 Å². The second-order valence-electron chi connectivity index (χ2n) is 5.87. The first-order chi connectivity index (χ1) is 10.1. The van der Waals surface area contributed by atoms with E-state index in [0.29, 0.717) is 19.3 Å². The molecule has 4 nitrogen and oxygen atoms in total. The van der Waals surface area contributed by atoms with Gasteiger partial charge >= 0.3 is 6.18 Å². The maximum Gasteiger partial charge on any atom is 0.417 e. The van der Waals surface area contributed by atoms with Gasteiger partial charge in [0.25, 0.3) is 0 Å². The van der Waals surface area contributed by atoms with Crippen LogP contribution in [0.3, 0.4) is 0 Å². The van der Waals surface area contributed by atoms with Gasteiger partial charge in [0.05, 0.1) is 10.5 Å². The zero-order valence-corrected chi connectivity index (χ0v) is 12.8. The quantitative estimate of drug-likeness (QED) is 0.887. The third-order valence-electron chi connectivity index (χ3n) is 4.22. The van der Waals surface area contributed by atoms with E-state index in [0.717, 1.165) is 18.2 Å². The van der Waals surface area contributed by atoms with E-state index in [1.807, 2.05) is 0 Å². The summed E-state index contributed by atoms with van der Waals surface area (Å²) in [6, 6.07) is 3.51. The number of halogens is 3. The van der Waals surface area contributed by atoms with Crippen molar-refractivity contribution < 1.29 is 26.7 Å². The van der Waals surface area contributed by atoms with E-state index in [9.17, 15) is 26.7 Å². The van der Waals surface area contributed by atoms with Crippen LogP contribution < -0.4 is 4.72 Å². The molecule has 0 aromatic heterocycles. The lowest BCUT2D eigenvalue weighted by Crippen LogP contribution is -2.45. The van der Waals surface area contributed by atoms with Crippen molar-refractivity contribution in [3.05, 3.63) is 29.8 Å². The van der Waals surface area contributed by atoms with E-state index >= 15 is 0 Å². The minimum absolute atomic E-state index is 0.221. The zero-order valence-electron chi connectivity index (χ0n) is 12.0. The lowest BCUT2D eigenvalue weighted by atomic mass is 9.86. The van der Waals surface area contributed by atoms with E-state index in [1.54, 1.807) is 6.92 Å². The van der Waals surface area contributed by atoms with E-state index in [4.69, 9.17) is 0 Å². The van der Waals surface area contributed by atoms with Crippen molar-refractivity contribution in [1.82, 2.24) is 4.72 Å². The highest BCUT2D eigenvalue weighted by Crippen LogP contribution is 2.39. The number of sulfonamides is 1. The Morgan fingerprint density at radius 1 is 1.36 bits per heavy atom. The van der Waals surface area contributed by atoms with Crippen LogP contribution in [-0.2, 0) is 16.2 Å². The molecule has 0 spiro atoms. The summed E-state index contributed by atoms with van der Waals surface area (Å²) in [5.41, 5.74) is -1.84. The van der Waals surface area contributed by atoms with Gasteiger partial charge in [0.1, 0.15) is 0 Å². The van der Waals surface area contributed by atoms with E-state index in [-0.39, 0.29) is 6.61 Å². The molecule has 1 aliphatic rings. The smallest absolute Gasteiger partial charge is 0.396 e. The molecule has 2 atom stereocenters. The molecule has 1 fully saturated rings. The predicted molar refractivity (Wildman–Crippen MR) is 74.6 cm³/mol. The molecule has 0 saturated heterocycles. The van der Waals surface area contributed by atoms with Crippen LogP contribution in [0.5, 0.6) is 0 Å². The lowest BCUT2D eigenvalue weighted by molar-refractivity contribution is -0.139. The molecule has 0 amide bonds. The molecule has 8 heteroatoms. The van der Waals surface area contributed by atoms with Gasteiger partial charge in [0.15, 0.2) is 0 Å². The average Bonchev–Trinajstić information content (AvgIpc) is 2.79. The van der Waals surface area contributed by atoms with Crippen LogP contribution >= 0.6 is 0 Å². The van der Waals surface area contributed by atoms with Crippen molar-refractivity contribution in [3.63, 3.8) is 0 Å². The molecule has 1 aromatic rings. The van der Waals surface area contributed by atoms with Gasteiger partial charge in [0, 0.05) is 18.1 Å². The lowest BCUT2D eigenvalue weighted by Gasteiger charge is -2.30. The molecule has 22 heavy (non-hydrogen) atoms. The summed E-state index contributed by atoms with van der Waals surface area (Å²) in [6.07, 6.45) is -2.92. The monoisotopic (exact) mass is 337 g/mol. The molecule has 2 unspecified atom stereocenters. The van der Waals surface area contributed by atoms with Gasteiger partial charge in [-0.15, -0.1) is 0 Å². The Morgan fingerprint density at radius 3 is 2.59 bits per heavy atom. The fraction of sp³-hybridized carbons (Fsp3) is 0.571. The van der Waals surface area contributed by atoms with Gasteiger partial charge in [-0.1, -0.05) is 25.5 Å². The first-order valence-electron chi connectivity index (χ1n) is 6.89. The number of hydrogen-bond donors (Lipinski definition) is 2. The summed E-state index contributed by atoms with van der Waals surface area (Å²) in [4.78, 5) is -0.783. The number of aliphatic hydroxyl groups excluding tert-OH is 1. The highest BCUT2D eigenvalue weighted by molar-refractivity contribution is 7.89. The molecular weight excluding hydrogens is 319 g/mol. The first-order valence-corrected chi connectivity index (χ1v) is 8.38. The van der Waals surface area contributed by atoms with Gasteiger partial charge < -0.3 is 5.11 Å². The van der Waals surface area contributed by atoms with Crippen molar-refractivity contribution in [2.24, 2.45) is 5.41 Å². The molecule has 1 aromatic carbocycles. The highest BCUT2D eigenvalue weighted by Gasteiger charge is 2.42. The van der Waals surface area contributed by atoms with E-state index in [2.05, 4.69) is 4.72 Å². The molecule has 124 valence electrons. The molecule has 0 heterocycles. The highest BCUT2D eigenvalue weighted by atomic mass is 32.2. The van der Waals surface area contributed by atoms with Crippen molar-refractivity contribution in [1.29, 1.82) is 0 Å².